The Morgan fingerprint density at radius 1 is 1.29 bits per heavy atom. The van der Waals surface area contributed by atoms with Crippen molar-refractivity contribution in [2.24, 2.45) is 0 Å². The normalized spacial score (nSPS) is 10.9. The van der Waals surface area contributed by atoms with Gasteiger partial charge in [0.2, 0.25) is 0 Å². The van der Waals surface area contributed by atoms with Crippen LogP contribution in [0.1, 0.15) is 0 Å². The van der Waals surface area contributed by atoms with Gasteiger partial charge < -0.3 is 0 Å². The zero-order valence-electron chi connectivity index (χ0n) is 7.25. The van der Waals surface area contributed by atoms with E-state index in [4.69, 9.17) is 0 Å². The molecule has 0 saturated heterocycles. The van der Waals surface area contributed by atoms with E-state index in [2.05, 4.69) is 20.4 Å². The molecule has 0 aliphatic heterocycles. The minimum atomic E-state index is 0.793. The van der Waals surface area contributed by atoms with Crippen LogP contribution in [0.5, 0.6) is 0 Å². The Labute approximate surface area is 79.4 Å². The number of hydrogen-bond donors (Lipinski definition) is 1. The molecule has 1 N–H and O–H groups in total. The molecule has 0 amide bonds. The molecule has 0 aliphatic rings. The second-order valence-electron chi connectivity index (χ2n) is 2.96. The van der Waals surface area contributed by atoms with Gasteiger partial charge in [0, 0.05) is 12.4 Å². The van der Waals surface area contributed by atoms with Crippen LogP contribution < -0.4 is 0 Å². The fraction of sp³-hybridized carbons (Fsp3) is 0. The quantitative estimate of drug-likeness (QED) is 0.619. The lowest BCUT2D eigenvalue weighted by Crippen LogP contribution is -1.95. The first-order valence-electron chi connectivity index (χ1n) is 4.23. The van der Waals surface area contributed by atoms with Crippen LogP contribution in [0.2, 0.25) is 0 Å². The molecule has 5 nitrogen and oxygen atoms in total. The number of aromatic nitrogens is 5. The van der Waals surface area contributed by atoms with Crippen LogP contribution in [0, 0.1) is 0 Å². The smallest absolute Gasteiger partial charge is 0.170 e. The predicted octanol–water partition coefficient (Wildman–Crippen LogP) is 1.12. The van der Waals surface area contributed by atoms with E-state index in [1.165, 1.54) is 0 Å². The maximum Gasteiger partial charge on any atom is 0.170 e. The molecule has 3 rings (SSSR count). The SMILES string of the molecule is c1cc2cnn[13c](-c3cn[nH]c3)n2c1. The van der Waals surface area contributed by atoms with Crippen molar-refractivity contribution in [2.75, 3.05) is 0 Å². The third-order valence-corrected chi connectivity index (χ3v) is 2.11. The molecule has 0 radical (unpaired) electrons. The predicted molar refractivity (Wildman–Crippen MR) is 50.6 cm³/mol. The van der Waals surface area contributed by atoms with Gasteiger partial charge in [-0.25, -0.2) is 0 Å². The third kappa shape index (κ3) is 0.922. The van der Waals surface area contributed by atoms with E-state index in [9.17, 15) is 0 Å². The maximum atomic E-state index is 4.07. The average molecular weight is 186 g/mol. The van der Waals surface area contributed by atoms with E-state index in [1.807, 2.05) is 22.7 Å². The van der Waals surface area contributed by atoms with Gasteiger partial charge in [0.1, 0.15) is 0 Å². The second-order valence-corrected chi connectivity index (χ2v) is 2.96. The molecular formula is C9H7N5. The van der Waals surface area contributed by atoms with Crippen molar-refractivity contribution in [3.8, 4) is 11.4 Å². The van der Waals surface area contributed by atoms with Crippen molar-refractivity contribution < 1.29 is 0 Å². The Morgan fingerprint density at radius 3 is 3.14 bits per heavy atom. The van der Waals surface area contributed by atoms with E-state index in [0.717, 1.165) is 16.9 Å². The summed E-state index contributed by atoms with van der Waals surface area (Å²) in [5.74, 6) is 0.793. The molecule has 3 aromatic heterocycles. The molecule has 0 atom stereocenters. The molecule has 0 unspecified atom stereocenters. The molecule has 68 valence electrons. The lowest BCUT2D eigenvalue weighted by atomic mass is 10.5. The Balaban J connectivity index is 2.36. The number of rotatable bonds is 1. The van der Waals surface area contributed by atoms with Gasteiger partial charge in [-0.1, -0.05) is 0 Å². The number of hydrogen-bond acceptors (Lipinski definition) is 3. The number of H-pyrrole nitrogens is 1. The van der Waals surface area contributed by atoms with Gasteiger partial charge in [-0.05, 0) is 12.1 Å². The van der Waals surface area contributed by atoms with Crippen LogP contribution in [0.4, 0.5) is 0 Å². The van der Waals surface area contributed by atoms with Gasteiger partial charge in [0.15, 0.2) is 5.82 Å². The summed E-state index contributed by atoms with van der Waals surface area (Å²) in [5, 5.41) is 14.6. The molecule has 0 aromatic carbocycles. The summed E-state index contributed by atoms with van der Waals surface area (Å²) in [6.07, 6.45) is 7.20. The average Bonchev–Trinajstić information content (AvgIpc) is 2.88. The van der Waals surface area contributed by atoms with Crippen LogP contribution >= 0.6 is 0 Å². The molecule has 0 aliphatic carbocycles. The monoisotopic (exact) mass is 186 g/mol. The van der Waals surface area contributed by atoms with E-state index < -0.39 is 0 Å². The fourth-order valence-corrected chi connectivity index (χ4v) is 1.45. The highest BCUT2D eigenvalue weighted by molar-refractivity contribution is 5.58. The standard InChI is InChI=1S/C9H7N5/c1-2-8-6-12-13-9(14(8)3-1)7-4-10-11-5-7/h1-6H,(H,10,11)/i9+1. The highest BCUT2D eigenvalue weighted by atomic mass is 15.3. The van der Waals surface area contributed by atoms with Crippen molar-refractivity contribution >= 4 is 5.52 Å². The van der Waals surface area contributed by atoms with Crippen molar-refractivity contribution in [1.29, 1.82) is 0 Å². The van der Waals surface area contributed by atoms with Gasteiger partial charge in [0.05, 0.1) is 23.5 Å². The topological polar surface area (TPSA) is 58.9 Å². The van der Waals surface area contributed by atoms with Crippen LogP contribution in [-0.4, -0.2) is 24.8 Å². The van der Waals surface area contributed by atoms with Crippen LogP contribution in [-0.2, 0) is 0 Å². The van der Waals surface area contributed by atoms with Gasteiger partial charge >= 0.3 is 0 Å². The number of nitrogens with zero attached hydrogens (tertiary/aromatic N) is 4. The zero-order valence-corrected chi connectivity index (χ0v) is 7.25. The zero-order chi connectivity index (χ0) is 9.38. The Kier molecular flexibility index (Phi) is 1.38. The lowest BCUT2D eigenvalue weighted by Gasteiger charge is -1.99. The molecule has 0 bridgehead atoms. The van der Waals surface area contributed by atoms with Gasteiger partial charge in [0.25, 0.3) is 0 Å². The molecule has 0 spiro atoms. The minimum absolute atomic E-state index is 0.793. The van der Waals surface area contributed by atoms with Crippen molar-refractivity contribution in [3.05, 3.63) is 36.9 Å². The summed E-state index contributed by atoms with van der Waals surface area (Å²) in [7, 11) is 0. The molecule has 0 fully saturated rings. The largest absolute Gasteiger partial charge is 0.298 e. The summed E-state index contributed by atoms with van der Waals surface area (Å²) < 4.78 is 1.97. The Bertz CT molecular complexity index is 551. The third-order valence-electron chi connectivity index (χ3n) is 2.11. The van der Waals surface area contributed by atoms with Crippen molar-refractivity contribution in [2.45, 2.75) is 0 Å². The summed E-state index contributed by atoms with van der Waals surface area (Å²) in [5.41, 5.74) is 1.95. The Morgan fingerprint density at radius 2 is 2.29 bits per heavy atom. The van der Waals surface area contributed by atoms with Crippen LogP contribution in [0.15, 0.2) is 36.9 Å². The fourth-order valence-electron chi connectivity index (χ4n) is 1.45. The summed E-state index contributed by atoms with van der Waals surface area (Å²) in [6.45, 7) is 0. The lowest BCUT2D eigenvalue weighted by molar-refractivity contribution is 0.963. The van der Waals surface area contributed by atoms with Crippen LogP contribution in [0.25, 0.3) is 16.9 Å². The highest BCUT2D eigenvalue weighted by Gasteiger charge is 2.05. The maximum absolute atomic E-state index is 4.07. The van der Waals surface area contributed by atoms with Gasteiger partial charge in [-0.2, -0.15) is 10.2 Å². The van der Waals surface area contributed by atoms with Gasteiger partial charge in [-0.15, -0.1) is 5.10 Å². The number of fused-ring (bicyclic) bond motifs is 1. The number of nitrogens with one attached hydrogen (secondary N) is 1. The van der Waals surface area contributed by atoms with E-state index in [0.29, 0.717) is 0 Å². The summed E-state index contributed by atoms with van der Waals surface area (Å²) in [4.78, 5) is 0. The van der Waals surface area contributed by atoms with E-state index in [-0.39, 0.29) is 0 Å². The summed E-state index contributed by atoms with van der Waals surface area (Å²) in [6, 6.07) is 3.94. The minimum Gasteiger partial charge on any atom is -0.298 e. The Hall–Kier alpha value is -2.17. The second kappa shape index (κ2) is 2.66. The number of aromatic amines is 1. The molecule has 14 heavy (non-hydrogen) atoms. The van der Waals surface area contributed by atoms with Crippen LogP contribution in [0.3, 0.4) is 0 Å². The van der Waals surface area contributed by atoms with E-state index in [1.54, 1.807) is 18.6 Å². The first-order valence-corrected chi connectivity index (χ1v) is 4.23. The van der Waals surface area contributed by atoms with Gasteiger partial charge in [-0.3, -0.25) is 9.50 Å². The van der Waals surface area contributed by atoms with Crippen molar-refractivity contribution in [3.63, 3.8) is 0 Å². The molecule has 5 heteroatoms. The highest BCUT2D eigenvalue weighted by Crippen LogP contribution is 2.15. The molecule has 3 aromatic rings. The first kappa shape index (κ1) is 7.25. The first-order chi connectivity index (χ1) is 6.95. The molecular weight excluding hydrogens is 179 g/mol. The molecule has 0 saturated carbocycles. The molecule has 3 heterocycles. The summed E-state index contributed by atoms with van der Waals surface area (Å²) >= 11 is 0. The van der Waals surface area contributed by atoms with Crippen molar-refractivity contribution in [1.82, 2.24) is 24.8 Å². The van der Waals surface area contributed by atoms with E-state index >= 15 is 0 Å².